The topological polar surface area (TPSA) is 0 Å². The first kappa shape index (κ1) is 16.3. The summed E-state index contributed by atoms with van der Waals surface area (Å²) >= 11 is 0. The van der Waals surface area contributed by atoms with Crippen LogP contribution in [-0.4, -0.2) is 0 Å². The first-order valence-electron chi connectivity index (χ1n) is 9.46. The Bertz CT molecular complexity index is 610. The Hall–Kier alpha value is -1.56. The number of hydrogen-bond donors (Lipinski definition) is 0. The fourth-order valence-corrected chi connectivity index (χ4v) is 3.93. The minimum atomic E-state index is 0. The van der Waals surface area contributed by atoms with E-state index >= 15 is 0 Å². The largest absolute Gasteiger partial charge is 0.0842 e. The highest BCUT2D eigenvalue weighted by atomic mass is 14.3. The Labute approximate surface area is 143 Å². The van der Waals surface area contributed by atoms with Gasteiger partial charge in [0.25, 0.3) is 0 Å². The number of hydrogen-bond acceptors (Lipinski definition) is 0. The van der Waals surface area contributed by atoms with Gasteiger partial charge in [0.05, 0.1) is 0 Å². The van der Waals surface area contributed by atoms with Gasteiger partial charge in [0, 0.05) is 7.34 Å². The lowest BCUT2D eigenvalue weighted by molar-refractivity contribution is 0.588. The molecule has 0 amide bonds. The molecule has 23 heavy (non-hydrogen) atoms. The quantitative estimate of drug-likeness (QED) is 0.508. The molecular formula is C23H32. The highest BCUT2D eigenvalue weighted by Gasteiger charge is 2.24. The lowest BCUT2D eigenvalue weighted by Crippen LogP contribution is -2.14. The van der Waals surface area contributed by atoms with E-state index in [0.717, 1.165) is 6.42 Å². The number of allylic oxidation sites excluding steroid dienone is 12. The Kier molecular flexibility index (Phi) is 5.54. The van der Waals surface area contributed by atoms with Crippen molar-refractivity contribution >= 4 is 0 Å². The predicted molar refractivity (Wildman–Crippen MR) is 103 cm³/mol. The summed E-state index contributed by atoms with van der Waals surface area (Å²) in [6.45, 7) is 4.55. The molecule has 0 spiro atoms. The number of fused-ring (bicyclic) bond motifs is 2. The molecule has 3 rings (SSSR count). The molecule has 3 aliphatic carbocycles. The van der Waals surface area contributed by atoms with Crippen LogP contribution in [0.15, 0.2) is 70.9 Å². The lowest BCUT2D eigenvalue weighted by Gasteiger charge is -2.26. The summed E-state index contributed by atoms with van der Waals surface area (Å²) in [7, 11) is 0. The van der Waals surface area contributed by atoms with Gasteiger partial charge in [0.15, 0.2) is 0 Å². The zero-order valence-corrected chi connectivity index (χ0v) is 14.7. The molecule has 0 aromatic heterocycles. The van der Waals surface area contributed by atoms with Crippen molar-refractivity contribution in [1.82, 2.24) is 0 Å². The third kappa shape index (κ3) is 4.05. The average molecular weight is 309 g/mol. The van der Waals surface area contributed by atoms with Gasteiger partial charge in [-0.3, -0.25) is 0 Å². The molecule has 0 saturated carbocycles. The molecule has 2 atom stereocenters. The van der Waals surface area contributed by atoms with E-state index in [9.17, 15) is 0 Å². The first-order chi connectivity index (χ1) is 11.3. The molecule has 0 heterocycles. The van der Waals surface area contributed by atoms with E-state index in [0.29, 0.717) is 11.8 Å². The van der Waals surface area contributed by atoms with Crippen LogP contribution < -0.4 is 0 Å². The molecule has 0 fully saturated rings. The summed E-state index contributed by atoms with van der Waals surface area (Å²) in [6, 6.07) is 0. The molecule has 0 radical (unpaired) electrons. The summed E-state index contributed by atoms with van der Waals surface area (Å²) < 4.78 is 0. The van der Waals surface area contributed by atoms with Crippen molar-refractivity contribution in [2.45, 2.75) is 58.8 Å². The van der Waals surface area contributed by atoms with Crippen LogP contribution in [0.25, 0.3) is 0 Å². The minimum Gasteiger partial charge on any atom is -0.0842 e. The van der Waals surface area contributed by atoms with Crippen molar-refractivity contribution < 1.29 is 1.43 Å². The van der Waals surface area contributed by atoms with Gasteiger partial charge in [-0.1, -0.05) is 85.6 Å². The van der Waals surface area contributed by atoms with E-state index < -0.39 is 0 Å². The van der Waals surface area contributed by atoms with Crippen molar-refractivity contribution in [2.75, 3.05) is 0 Å². The van der Waals surface area contributed by atoms with Crippen LogP contribution in [0.4, 0.5) is 0 Å². The Morgan fingerprint density at radius 3 is 2.70 bits per heavy atom. The molecular weight excluding hydrogens is 276 g/mol. The average Bonchev–Trinajstić information content (AvgIpc) is 2.90. The third-order valence-electron chi connectivity index (χ3n) is 5.35. The van der Waals surface area contributed by atoms with Crippen molar-refractivity contribution in [2.24, 2.45) is 11.8 Å². The molecule has 2 bridgehead atoms. The molecule has 0 aromatic carbocycles. The maximum atomic E-state index is 2.57. The van der Waals surface area contributed by atoms with Gasteiger partial charge in [-0.25, -0.2) is 0 Å². The van der Waals surface area contributed by atoms with Crippen molar-refractivity contribution in [3.05, 3.63) is 70.9 Å². The highest BCUT2D eigenvalue weighted by molar-refractivity contribution is 5.44. The molecule has 0 N–H and O–H groups in total. The monoisotopic (exact) mass is 308 g/mol. The van der Waals surface area contributed by atoms with Crippen LogP contribution in [-0.2, 0) is 0 Å². The zero-order chi connectivity index (χ0) is 16.1. The van der Waals surface area contributed by atoms with Crippen LogP contribution in [0.1, 0.15) is 60.2 Å². The number of unbranched alkanes of at least 4 members (excludes halogenated alkanes) is 1. The van der Waals surface area contributed by atoms with E-state index in [2.05, 4.69) is 62.5 Å². The maximum Gasteiger partial charge on any atom is 0.00320 e. The summed E-state index contributed by atoms with van der Waals surface area (Å²) in [6.07, 6.45) is 27.9. The summed E-state index contributed by atoms with van der Waals surface area (Å²) in [4.78, 5) is 0. The van der Waals surface area contributed by atoms with E-state index in [-0.39, 0.29) is 1.43 Å². The van der Waals surface area contributed by atoms with Crippen LogP contribution in [0.5, 0.6) is 0 Å². The van der Waals surface area contributed by atoms with Crippen LogP contribution >= 0.6 is 0 Å². The smallest absolute Gasteiger partial charge is 0.00320 e. The van der Waals surface area contributed by atoms with E-state index in [1.165, 1.54) is 49.7 Å². The van der Waals surface area contributed by atoms with Crippen LogP contribution in [0.3, 0.4) is 0 Å². The Morgan fingerprint density at radius 1 is 1.00 bits per heavy atom. The van der Waals surface area contributed by atoms with Crippen molar-refractivity contribution in [1.29, 1.82) is 0 Å². The van der Waals surface area contributed by atoms with Gasteiger partial charge in [-0.2, -0.15) is 0 Å². The second-order valence-electron chi connectivity index (χ2n) is 7.08. The highest BCUT2D eigenvalue weighted by Crippen LogP contribution is 2.39. The molecule has 0 aliphatic heterocycles. The fraction of sp³-hybridized carbons (Fsp3) is 0.478. The lowest BCUT2D eigenvalue weighted by atomic mass is 9.78. The normalized spacial score (nSPS) is 26.7. The second-order valence-corrected chi connectivity index (χ2v) is 7.08. The summed E-state index contributed by atoms with van der Waals surface area (Å²) in [5, 5.41) is 0. The molecule has 0 saturated heterocycles. The molecule has 3 aliphatic rings. The van der Waals surface area contributed by atoms with Crippen molar-refractivity contribution in [3.8, 4) is 0 Å². The van der Waals surface area contributed by atoms with Gasteiger partial charge < -0.3 is 0 Å². The van der Waals surface area contributed by atoms with E-state index in [1.54, 1.807) is 11.1 Å². The first-order valence-corrected chi connectivity index (χ1v) is 9.46. The van der Waals surface area contributed by atoms with Gasteiger partial charge in [0.1, 0.15) is 0 Å². The Balaban J connectivity index is 0.00000208. The van der Waals surface area contributed by atoms with E-state index in [1.807, 2.05) is 0 Å². The molecule has 0 aromatic rings. The molecule has 124 valence electrons. The van der Waals surface area contributed by atoms with Gasteiger partial charge in [-0.15, -0.1) is 0 Å². The molecule has 2 unspecified atom stereocenters. The summed E-state index contributed by atoms with van der Waals surface area (Å²) in [5.74, 6) is 1.22. The van der Waals surface area contributed by atoms with Gasteiger partial charge in [-0.05, 0) is 50.0 Å². The zero-order valence-electron chi connectivity index (χ0n) is 14.7. The van der Waals surface area contributed by atoms with Crippen molar-refractivity contribution in [3.63, 3.8) is 0 Å². The van der Waals surface area contributed by atoms with Crippen LogP contribution in [0.2, 0.25) is 0 Å². The molecule has 0 nitrogen and oxygen atoms in total. The third-order valence-corrected chi connectivity index (χ3v) is 5.35. The van der Waals surface area contributed by atoms with E-state index in [4.69, 9.17) is 0 Å². The van der Waals surface area contributed by atoms with Gasteiger partial charge >= 0.3 is 0 Å². The Morgan fingerprint density at radius 2 is 1.87 bits per heavy atom. The standard InChI is InChI=1S/C23H30.H2/c1-3-5-8-19-11-12-20-13-14-23(22(16-19)17-20)21-10-7-6-9-18(4-2)15-21;/h6,9,11-16,21-22H,3-5,7-8,10,17H2,1-2H3;1H. The summed E-state index contributed by atoms with van der Waals surface area (Å²) in [5.41, 5.74) is 6.18. The second kappa shape index (κ2) is 7.81. The SMILES string of the molecule is CCCCC1=CC2CC(=CC=C2C2C=C(CC)C=CCC2)C=C1.[HH]. The van der Waals surface area contributed by atoms with Crippen LogP contribution in [0, 0.1) is 11.8 Å². The predicted octanol–water partition coefficient (Wildman–Crippen LogP) is 7.09. The van der Waals surface area contributed by atoms with Gasteiger partial charge in [0.2, 0.25) is 0 Å². The maximum absolute atomic E-state index is 2.57. The fourth-order valence-electron chi connectivity index (χ4n) is 3.93. The molecule has 0 heteroatoms. The minimum absolute atomic E-state index is 0. The number of rotatable bonds is 5.